The maximum Gasteiger partial charge on any atom is 0.290 e. The number of fused-ring (bicyclic) bond motifs is 1. The summed E-state index contributed by atoms with van der Waals surface area (Å²) in [6.45, 7) is 5.46. The van der Waals surface area contributed by atoms with Crippen LogP contribution in [0.3, 0.4) is 0 Å². The van der Waals surface area contributed by atoms with Crippen LogP contribution in [0.15, 0.2) is 41.5 Å². The summed E-state index contributed by atoms with van der Waals surface area (Å²) >= 11 is 0. The number of piperidine rings is 1. The van der Waals surface area contributed by atoms with Gasteiger partial charge in [-0.1, -0.05) is 0 Å². The first-order chi connectivity index (χ1) is 14.5. The molecule has 8 nitrogen and oxygen atoms in total. The van der Waals surface area contributed by atoms with Gasteiger partial charge in [-0.05, 0) is 63.5 Å². The number of imidazole rings is 1. The van der Waals surface area contributed by atoms with E-state index in [4.69, 9.17) is 14.6 Å². The zero-order valence-electron chi connectivity index (χ0n) is 17.4. The number of nitrogens with zero attached hydrogens (tertiary/aromatic N) is 3. The molecule has 3 heterocycles. The predicted molar refractivity (Wildman–Crippen MR) is 116 cm³/mol. The summed E-state index contributed by atoms with van der Waals surface area (Å²) < 4.78 is 7.71. The largest absolute Gasteiger partial charge is 0.494 e. The molecule has 2 N–H and O–H groups in total. The van der Waals surface area contributed by atoms with Gasteiger partial charge >= 0.3 is 0 Å². The topological polar surface area (TPSA) is 100 Å². The van der Waals surface area contributed by atoms with E-state index in [0.717, 1.165) is 35.6 Å². The number of nitrogens with one attached hydrogen (secondary N) is 1. The predicted octanol–water partition coefficient (Wildman–Crippen LogP) is 2.83. The van der Waals surface area contributed by atoms with Crippen LogP contribution in [0.25, 0.3) is 22.3 Å². The summed E-state index contributed by atoms with van der Waals surface area (Å²) in [4.78, 5) is 30.9. The Bertz CT molecular complexity index is 1040. The number of hydrogen-bond donors (Lipinski definition) is 2. The molecule has 1 unspecified atom stereocenters. The second-order valence-electron chi connectivity index (χ2n) is 7.47. The van der Waals surface area contributed by atoms with Crippen LogP contribution in [0.1, 0.15) is 19.8 Å². The van der Waals surface area contributed by atoms with E-state index < -0.39 is 0 Å². The minimum atomic E-state index is -0.250. The Balaban J connectivity index is 0.000000806. The van der Waals surface area contributed by atoms with Crippen molar-refractivity contribution in [2.45, 2.75) is 26.3 Å². The summed E-state index contributed by atoms with van der Waals surface area (Å²) in [7, 11) is 2.17. The lowest BCUT2D eigenvalue weighted by Crippen LogP contribution is -2.34. The van der Waals surface area contributed by atoms with Gasteiger partial charge < -0.3 is 24.3 Å². The van der Waals surface area contributed by atoms with Crippen LogP contribution >= 0.6 is 0 Å². The highest BCUT2D eigenvalue weighted by Gasteiger charge is 2.20. The summed E-state index contributed by atoms with van der Waals surface area (Å²) in [6, 6.07) is 7.64. The van der Waals surface area contributed by atoms with Gasteiger partial charge in [-0.3, -0.25) is 9.59 Å². The molecule has 1 aliphatic heterocycles. The number of carboxylic acid groups (broad SMARTS) is 1. The van der Waals surface area contributed by atoms with E-state index in [-0.39, 0.29) is 12.0 Å². The number of aromatic amines is 1. The van der Waals surface area contributed by atoms with Crippen LogP contribution in [0, 0.1) is 5.92 Å². The maximum atomic E-state index is 12.7. The maximum absolute atomic E-state index is 12.7. The van der Waals surface area contributed by atoms with Crippen LogP contribution < -0.4 is 10.3 Å². The summed E-state index contributed by atoms with van der Waals surface area (Å²) in [5.41, 5.74) is 1.30. The fraction of sp³-hybridized carbons (Fsp3) is 0.409. The van der Waals surface area contributed by atoms with Crippen molar-refractivity contribution < 1.29 is 14.6 Å². The van der Waals surface area contributed by atoms with Crippen molar-refractivity contribution in [3.05, 3.63) is 47.0 Å². The van der Waals surface area contributed by atoms with E-state index in [1.165, 1.54) is 19.4 Å². The third-order valence-corrected chi connectivity index (χ3v) is 5.26. The van der Waals surface area contributed by atoms with Crippen molar-refractivity contribution >= 4 is 17.4 Å². The molecule has 8 heteroatoms. The van der Waals surface area contributed by atoms with E-state index >= 15 is 0 Å². The average molecular weight is 412 g/mol. The molecule has 1 aromatic carbocycles. The van der Waals surface area contributed by atoms with Crippen molar-refractivity contribution in [2.24, 2.45) is 5.92 Å². The summed E-state index contributed by atoms with van der Waals surface area (Å²) in [6.07, 6.45) is 6.20. The van der Waals surface area contributed by atoms with E-state index in [1.54, 1.807) is 6.20 Å². The van der Waals surface area contributed by atoms with Crippen LogP contribution in [-0.4, -0.2) is 57.8 Å². The minimum absolute atomic E-state index is 0.111. The molecule has 3 aromatic rings. The molecular formula is C22H28N4O4. The highest BCUT2D eigenvalue weighted by molar-refractivity contribution is 5.83. The molecule has 160 valence electrons. The molecule has 0 amide bonds. The van der Waals surface area contributed by atoms with Crippen LogP contribution in [0.4, 0.5) is 0 Å². The SMILES string of the molecule is CCOc1ccc2[nH]c(=O)c(-c3nccn3CC3CCCN(C)C3)cc2c1.O=CO. The molecule has 1 fully saturated rings. The number of likely N-dealkylation sites (tertiary alicyclic amines) is 1. The first kappa shape index (κ1) is 21.6. The molecule has 30 heavy (non-hydrogen) atoms. The zero-order chi connectivity index (χ0) is 21.5. The number of rotatable bonds is 5. The van der Waals surface area contributed by atoms with Crippen LogP contribution in [-0.2, 0) is 11.3 Å². The Hall–Kier alpha value is -3.13. The van der Waals surface area contributed by atoms with Gasteiger partial charge in [0.1, 0.15) is 11.6 Å². The van der Waals surface area contributed by atoms with E-state index in [1.807, 2.05) is 37.4 Å². The molecular weight excluding hydrogens is 384 g/mol. The number of H-pyrrole nitrogens is 1. The third kappa shape index (κ3) is 5.07. The highest BCUT2D eigenvalue weighted by Crippen LogP contribution is 2.24. The summed E-state index contributed by atoms with van der Waals surface area (Å²) in [5.74, 6) is 2.12. The Morgan fingerprint density at radius 1 is 1.37 bits per heavy atom. The molecule has 0 aliphatic carbocycles. The average Bonchev–Trinajstić information content (AvgIpc) is 3.16. The highest BCUT2D eigenvalue weighted by atomic mass is 16.5. The number of ether oxygens (including phenoxy) is 1. The number of pyridine rings is 1. The van der Waals surface area contributed by atoms with Gasteiger partial charge in [0, 0.05) is 36.4 Å². The number of aromatic nitrogens is 3. The van der Waals surface area contributed by atoms with E-state index in [9.17, 15) is 4.79 Å². The van der Waals surface area contributed by atoms with Gasteiger partial charge in [0.15, 0.2) is 0 Å². The van der Waals surface area contributed by atoms with Gasteiger partial charge in [-0.15, -0.1) is 0 Å². The van der Waals surface area contributed by atoms with Crippen molar-refractivity contribution in [1.82, 2.24) is 19.4 Å². The first-order valence-corrected chi connectivity index (χ1v) is 10.1. The van der Waals surface area contributed by atoms with Crippen LogP contribution in [0.5, 0.6) is 5.75 Å². The zero-order valence-corrected chi connectivity index (χ0v) is 17.4. The first-order valence-electron chi connectivity index (χ1n) is 10.1. The van der Waals surface area contributed by atoms with Gasteiger partial charge in [0.2, 0.25) is 0 Å². The molecule has 1 saturated heterocycles. The minimum Gasteiger partial charge on any atom is -0.494 e. The van der Waals surface area contributed by atoms with Crippen molar-refractivity contribution in [2.75, 3.05) is 26.7 Å². The standard InChI is InChI=1S/C21H26N4O2.CH2O2/c1-3-27-17-6-7-19-16(11-17)12-18(21(26)23-19)20-22-8-10-25(20)14-15-5-4-9-24(2)13-15;2-1-3/h6-8,10-12,15H,3-5,9,13-14H2,1-2H3,(H,23,26);1H,(H,2,3). The summed E-state index contributed by atoms with van der Waals surface area (Å²) in [5, 5.41) is 7.84. The molecule has 0 radical (unpaired) electrons. The lowest BCUT2D eigenvalue weighted by atomic mass is 9.98. The Kier molecular flexibility index (Phi) is 7.24. The quantitative estimate of drug-likeness (QED) is 0.625. The van der Waals surface area contributed by atoms with E-state index in [0.29, 0.717) is 18.1 Å². The van der Waals surface area contributed by atoms with Crippen molar-refractivity contribution in [1.29, 1.82) is 0 Å². The van der Waals surface area contributed by atoms with Crippen molar-refractivity contribution in [3.8, 4) is 17.1 Å². The second-order valence-corrected chi connectivity index (χ2v) is 7.47. The number of carbonyl (C=O) groups is 1. The molecule has 1 aliphatic rings. The van der Waals surface area contributed by atoms with Gasteiger partial charge in [-0.25, -0.2) is 4.98 Å². The number of hydrogen-bond acceptors (Lipinski definition) is 5. The normalized spacial score (nSPS) is 16.7. The Morgan fingerprint density at radius 3 is 2.90 bits per heavy atom. The lowest BCUT2D eigenvalue weighted by Gasteiger charge is -2.30. The fourth-order valence-electron chi connectivity index (χ4n) is 4.01. The molecule has 0 bridgehead atoms. The smallest absolute Gasteiger partial charge is 0.290 e. The van der Waals surface area contributed by atoms with Crippen molar-refractivity contribution in [3.63, 3.8) is 0 Å². The van der Waals surface area contributed by atoms with Gasteiger partial charge in [-0.2, -0.15) is 0 Å². The molecule has 1 atom stereocenters. The molecule has 0 spiro atoms. The second kappa shape index (κ2) is 10.1. The van der Waals surface area contributed by atoms with Gasteiger partial charge in [0.05, 0.1) is 12.2 Å². The Morgan fingerprint density at radius 2 is 2.17 bits per heavy atom. The lowest BCUT2D eigenvalue weighted by molar-refractivity contribution is -0.122. The molecule has 0 saturated carbocycles. The van der Waals surface area contributed by atoms with E-state index in [2.05, 4.69) is 26.5 Å². The van der Waals surface area contributed by atoms with Gasteiger partial charge in [0.25, 0.3) is 12.0 Å². The third-order valence-electron chi connectivity index (χ3n) is 5.26. The monoisotopic (exact) mass is 412 g/mol. The Labute approximate surface area is 175 Å². The fourth-order valence-corrected chi connectivity index (χ4v) is 4.01. The molecule has 4 rings (SSSR count). The molecule has 2 aromatic heterocycles. The van der Waals surface area contributed by atoms with Crippen LogP contribution in [0.2, 0.25) is 0 Å². The number of benzene rings is 1.